The zero-order valence-corrected chi connectivity index (χ0v) is 20.9. The zero-order chi connectivity index (χ0) is 23.8. The Balaban J connectivity index is 1.60. The van der Waals surface area contributed by atoms with E-state index < -0.39 is 0 Å². The second kappa shape index (κ2) is 11.7. The van der Waals surface area contributed by atoms with Gasteiger partial charge in [0.2, 0.25) is 5.91 Å². The Bertz CT molecular complexity index is 1030. The van der Waals surface area contributed by atoms with Crippen molar-refractivity contribution < 1.29 is 9.53 Å². The summed E-state index contributed by atoms with van der Waals surface area (Å²) in [6, 6.07) is 15.9. The molecular weight excluding hydrogens is 434 g/mol. The topological polar surface area (TPSA) is 72.3 Å². The summed E-state index contributed by atoms with van der Waals surface area (Å²) >= 11 is 1.39. The number of hydrogen-bond acceptors (Lipinski definition) is 6. The molecule has 0 radical (unpaired) electrons. The summed E-state index contributed by atoms with van der Waals surface area (Å²) in [6.07, 6.45) is 0.999. The van der Waals surface area contributed by atoms with Crippen molar-refractivity contribution in [2.24, 2.45) is 5.92 Å². The third-order valence-corrected chi connectivity index (χ3v) is 6.01. The highest BCUT2D eigenvalue weighted by atomic mass is 32.2. The van der Waals surface area contributed by atoms with Crippen molar-refractivity contribution in [2.75, 3.05) is 30.1 Å². The van der Waals surface area contributed by atoms with Crippen molar-refractivity contribution in [1.82, 2.24) is 14.8 Å². The van der Waals surface area contributed by atoms with Gasteiger partial charge in [-0.2, -0.15) is 0 Å². The van der Waals surface area contributed by atoms with Gasteiger partial charge in [-0.15, -0.1) is 10.2 Å². The number of anilines is 2. The molecule has 176 valence electrons. The highest BCUT2D eigenvalue weighted by Gasteiger charge is 2.16. The number of nitrogens with one attached hydrogen (secondary N) is 1. The molecule has 8 heteroatoms. The maximum Gasteiger partial charge on any atom is 0.234 e. The fraction of sp³-hybridized carbons (Fsp3) is 0.400. The van der Waals surface area contributed by atoms with Gasteiger partial charge in [-0.1, -0.05) is 44.7 Å². The van der Waals surface area contributed by atoms with Crippen LogP contribution in [0, 0.1) is 5.92 Å². The van der Waals surface area contributed by atoms with Gasteiger partial charge >= 0.3 is 0 Å². The number of aromatic nitrogens is 3. The number of carbonyl (C=O) groups excluding carboxylic acids is 1. The van der Waals surface area contributed by atoms with Crippen LogP contribution in [0.5, 0.6) is 5.75 Å². The number of ether oxygens (including phenoxy) is 1. The molecule has 1 N–H and O–H groups in total. The monoisotopic (exact) mass is 467 g/mol. The molecular formula is C25H33N5O2S. The molecule has 0 saturated carbocycles. The van der Waals surface area contributed by atoms with Crippen molar-refractivity contribution >= 4 is 29.0 Å². The summed E-state index contributed by atoms with van der Waals surface area (Å²) < 4.78 is 7.99. The summed E-state index contributed by atoms with van der Waals surface area (Å²) in [5, 5.41) is 12.3. The lowest BCUT2D eigenvalue weighted by Crippen LogP contribution is -2.16. The van der Waals surface area contributed by atoms with E-state index in [9.17, 15) is 4.79 Å². The summed E-state index contributed by atoms with van der Waals surface area (Å²) in [5.41, 5.74) is 3.13. The van der Waals surface area contributed by atoms with Crippen LogP contribution in [0.25, 0.3) is 0 Å². The molecule has 0 atom stereocenters. The Kier molecular flexibility index (Phi) is 8.77. The minimum absolute atomic E-state index is 0.0782. The van der Waals surface area contributed by atoms with Crippen LogP contribution >= 0.6 is 11.8 Å². The zero-order valence-electron chi connectivity index (χ0n) is 20.0. The standard InChI is InChI=1S/C25H33N5O2S/c1-6-19-7-13-22(14-8-19)32-16-23-27-28-25(30(23)15-18(2)3)33-17-24(31)26-20-9-11-21(12-10-20)29(4)5/h7-14,18H,6,15-17H2,1-5H3,(H,26,31). The molecule has 0 unspecified atom stereocenters. The molecule has 0 saturated heterocycles. The molecule has 0 bridgehead atoms. The van der Waals surface area contributed by atoms with Gasteiger partial charge in [-0.25, -0.2) is 0 Å². The van der Waals surface area contributed by atoms with Crippen LogP contribution in [-0.2, 0) is 24.4 Å². The second-order valence-corrected chi connectivity index (χ2v) is 9.41. The number of nitrogens with zero attached hydrogens (tertiary/aromatic N) is 4. The van der Waals surface area contributed by atoms with Gasteiger partial charge in [0.25, 0.3) is 0 Å². The van der Waals surface area contributed by atoms with Gasteiger partial charge in [0.1, 0.15) is 12.4 Å². The lowest BCUT2D eigenvalue weighted by atomic mass is 10.2. The Morgan fingerprint density at radius 2 is 1.79 bits per heavy atom. The number of amides is 1. The van der Waals surface area contributed by atoms with Crippen LogP contribution in [0.3, 0.4) is 0 Å². The van der Waals surface area contributed by atoms with Crippen LogP contribution in [0.1, 0.15) is 32.2 Å². The Labute approximate surface area is 200 Å². The van der Waals surface area contributed by atoms with Gasteiger partial charge in [-0.3, -0.25) is 4.79 Å². The van der Waals surface area contributed by atoms with Gasteiger partial charge in [0.05, 0.1) is 5.75 Å². The molecule has 0 aliphatic rings. The predicted molar refractivity (Wildman–Crippen MR) is 135 cm³/mol. The molecule has 3 aromatic rings. The molecule has 0 aliphatic heterocycles. The van der Waals surface area contributed by atoms with Crippen molar-refractivity contribution in [3.05, 3.63) is 59.9 Å². The molecule has 2 aromatic carbocycles. The Morgan fingerprint density at radius 3 is 2.39 bits per heavy atom. The number of carbonyl (C=O) groups is 1. The predicted octanol–water partition coefficient (Wildman–Crippen LogP) is 4.87. The van der Waals surface area contributed by atoms with Crippen molar-refractivity contribution in [2.45, 2.75) is 45.5 Å². The summed E-state index contributed by atoms with van der Waals surface area (Å²) in [7, 11) is 3.97. The normalized spacial score (nSPS) is 11.0. The Morgan fingerprint density at radius 1 is 1.09 bits per heavy atom. The minimum Gasteiger partial charge on any atom is -0.486 e. The molecule has 1 amide bonds. The van der Waals surface area contributed by atoms with E-state index in [2.05, 4.69) is 53.0 Å². The first kappa shape index (κ1) is 24.6. The van der Waals surface area contributed by atoms with Crippen molar-refractivity contribution in [3.8, 4) is 5.75 Å². The lowest BCUT2D eigenvalue weighted by Gasteiger charge is -2.14. The van der Waals surface area contributed by atoms with Crippen molar-refractivity contribution in [1.29, 1.82) is 0 Å². The van der Waals surface area contributed by atoms with E-state index in [1.165, 1.54) is 17.3 Å². The van der Waals surface area contributed by atoms with E-state index in [-0.39, 0.29) is 11.7 Å². The number of benzene rings is 2. The molecule has 33 heavy (non-hydrogen) atoms. The number of hydrogen-bond donors (Lipinski definition) is 1. The van der Waals surface area contributed by atoms with Crippen LogP contribution < -0.4 is 15.0 Å². The molecule has 1 aromatic heterocycles. The van der Waals surface area contributed by atoms with Crippen LogP contribution in [0.15, 0.2) is 53.7 Å². The van der Waals surface area contributed by atoms with E-state index in [0.717, 1.165) is 41.1 Å². The van der Waals surface area contributed by atoms with Gasteiger partial charge in [-0.05, 0) is 54.3 Å². The molecule has 0 spiro atoms. The Hall–Kier alpha value is -3.00. The maximum absolute atomic E-state index is 12.5. The smallest absolute Gasteiger partial charge is 0.234 e. The quantitative estimate of drug-likeness (QED) is 0.406. The first-order chi connectivity index (χ1) is 15.9. The fourth-order valence-corrected chi connectivity index (χ4v) is 3.99. The molecule has 0 fully saturated rings. The van der Waals surface area contributed by atoms with Crippen LogP contribution in [0.2, 0.25) is 0 Å². The van der Waals surface area contributed by atoms with Gasteiger partial charge in [0, 0.05) is 32.0 Å². The van der Waals surface area contributed by atoms with Gasteiger partial charge in [0.15, 0.2) is 11.0 Å². The molecule has 7 nitrogen and oxygen atoms in total. The third kappa shape index (κ3) is 7.25. The summed E-state index contributed by atoms with van der Waals surface area (Å²) in [4.78, 5) is 14.5. The van der Waals surface area contributed by atoms with E-state index >= 15 is 0 Å². The fourth-order valence-electron chi connectivity index (χ4n) is 3.22. The first-order valence-electron chi connectivity index (χ1n) is 11.2. The van der Waals surface area contributed by atoms with Crippen LogP contribution in [0.4, 0.5) is 11.4 Å². The average molecular weight is 468 g/mol. The van der Waals surface area contributed by atoms with Gasteiger partial charge < -0.3 is 19.5 Å². The van der Waals surface area contributed by atoms with E-state index in [4.69, 9.17) is 4.74 Å². The molecule has 0 aliphatic carbocycles. The second-order valence-electron chi connectivity index (χ2n) is 8.47. The molecule has 1 heterocycles. The van der Waals surface area contributed by atoms with Crippen LogP contribution in [-0.4, -0.2) is 40.5 Å². The van der Waals surface area contributed by atoms with E-state index in [1.54, 1.807) is 0 Å². The first-order valence-corrected chi connectivity index (χ1v) is 12.2. The average Bonchev–Trinajstić information content (AvgIpc) is 3.17. The number of thioether (sulfide) groups is 1. The number of rotatable bonds is 11. The molecule has 3 rings (SSSR count). The van der Waals surface area contributed by atoms with E-state index in [0.29, 0.717) is 12.5 Å². The van der Waals surface area contributed by atoms with E-state index in [1.807, 2.05) is 55.4 Å². The summed E-state index contributed by atoms with van der Waals surface area (Å²) in [6.45, 7) is 7.51. The minimum atomic E-state index is -0.0782. The number of aryl methyl sites for hydroxylation is 1. The lowest BCUT2D eigenvalue weighted by molar-refractivity contribution is -0.113. The van der Waals surface area contributed by atoms with Crippen molar-refractivity contribution in [3.63, 3.8) is 0 Å². The highest BCUT2D eigenvalue weighted by Crippen LogP contribution is 2.21. The SMILES string of the molecule is CCc1ccc(OCc2nnc(SCC(=O)Nc3ccc(N(C)C)cc3)n2CC(C)C)cc1. The highest BCUT2D eigenvalue weighted by molar-refractivity contribution is 7.99. The largest absolute Gasteiger partial charge is 0.486 e. The third-order valence-electron chi connectivity index (χ3n) is 5.04. The summed E-state index contributed by atoms with van der Waals surface area (Å²) in [5.74, 6) is 2.15. The maximum atomic E-state index is 12.5.